The van der Waals surface area contributed by atoms with Crippen LogP contribution < -0.4 is 4.74 Å². The average molecular weight is 191 g/mol. The van der Waals surface area contributed by atoms with Gasteiger partial charge in [0.15, 0.2) is 0 Å². The minimum atomic E-state index is 0.479. The molecule has 76 valence electrons. The lowest BCUT2D eigenvalue weighted by atomic mass is 10.2. The van der Waals surface area contributed by atoms with E-state index in [4.69, 9.17) is 4.74 Å². The summed E-state index contributed by atoms with van der Waals surface area (Å²) in [7, 11) is 0. The van der Waals surface area contributed by atoms with E-state index in [0.717, 1.165) is 30.0 Å². The highest BCUT2D eigenvalue weighted by atomic mass is 16.5. The van der Waals surface area contributed by atoms with Gasteiger partial charge in [0.1, 0.15) is 5.75 Å². The van der Waals surface area contributed by atoms with Crippen LogP contribution in [0.4, 0.5) is 0 Å². The maximum absolute atomic E-state index is 5.77. The molecule has 0 saturated heterocycles. The number of hydrogen-bond acceptors (Lipinski definition) is 2. The van der Waals surface area contributed by atoms with Gasteiger partial charge in [-0.25, -0.2) is 0 Å². The van der Waals surface area contributed by atoms with E-state index in [9.17, 15) is 0 Å². The predicted octanol–water partition coefficient (Wildman–Crippen LogP) is 2.75. The molecule has 0 amide bonds. The average Bonchev–Trinajstić information content (AvgIpc) is 3.01. The summed E-state index contributed by atoms with van der Waals surface area (Å²) < 4.78 is 5.77. The Bertz CT molecular complexity index is 296. The molecule has 0 spiro atoms. The predicted molar refractivity (Wildman–Crippen MR) is 56.6 cm³/mol. The van der Waals surface area contributed by atoms with Crippen molar-refractivity contribution in [2.75, 3.05) is 0 Å². The zero-order chi connectivity index (χ0) is 9.97. The molecule has 1 heterocycles. The van der Waals surface area contributed by atoms with E-state index in [0.29, 0.717) is 6.10 Å². The minimum absolute atomic E-state index is 0.479. The van der Waals surface area contributed by atoms with Crippen molar-refractivity contribution >= 4 is 0 Å². The molecule has 0 N–H and O–H groups in total. The Kier molecular flexibility index (Phi) is 2.71. The molecule has 2 rings (SSSR count). The van der Waals surface area contributed by atoms with Crippen molar-refractivity contribution in [3.8, 4) is 5.75 Å². The molecule has 0 radical (unpaired) electrons. The largest absolute Gasteiger partial charge is 0.490 e. The van der Waals surface area contributed by atoms with Crippen LogP contribution >= 0.6 is 0 Å². The highest BCUT2D eigenvalue weighted by molar-refractivity contribution is 5.28. The van der Waals surface area contributed by atoms with Crippen LogP contribution in [0, 0.1) is 0 Å². The van der Waals surface area contributed by atoms with Gasteiger partial charge >= 0.3 is 0 Å². The summed E-state index contributed by atoms with van der Waals surface area (Å²) in [5.41, 5.74) is 2.28. The number of nitrogens with zero attached hydrogens (tertiary/aromatic N) is 1. The van der Waals surface area contributed by atoms with Crippen molar-refractivity contribution in [3.05, 3.63) is 23.5 Å². The number of aromatic nitrogens is 1. The third kappa shape index (κ3) is 2.25. The Hall–Kier alpha value is -1.05. The van der Waals surface area contributed by atoms with Gasteiger partial charge in [-0.1, -0.05) is 13.8 Å². The first-order valence-corrected chi connectivity index (χ1v) is 5.48. The third-order valence-electron chi connectivity index (χ3n) is 2.46. The van der Waals surface area contributed by atoms with Crippen LogP contribution in [0.1, 0.15) is 38.1 Å². The maximum Gasteiger partial charge on any atom is 0.123 e. The van der Waals surface area contributed by atoms with E-state index < -0.39 is 0 Å². The van der Waals surface area contributed by atoms with Gasteiger partial charge in [-0.3, -0.25) is 4.98 Å². The lowest BCUT2D eigenvalue weighted by Crippen LogP contribution is -2.00. The van der Waals surface area contributed by atoms with Crippen LogP contribution in [-0.2, 0) is 12.8 Å². The monoisotopic (exact) mass is 191 g/mol. The molecule has 1 fully saturated rings. The topological polar surface area (TPSA) is 22.1 Å². The summed E-state index contributed by atoms with van der Waals surface area (Å²) in [4.78, 5) is 4.52. The van der Waals surface area contributed by atoms with Crippen LogP contribution in [0.5, 0.6) is 5.75 Å². The summed E-state index contributed by atoms with van der Waals surface area (Å²) in [6.07, 6.45) is 4.87. The Morgan fingerprint density at radius 1 is 1.21 bits per heavy atom. The van der Waals surface area contributed by atoms with Crippen LogP contribution in [-0.4, -0.2) is 11.1 Å². The third-order valence-corrected chi connectivity index (χ3v) is 2.46. The molecule has 1 aliphatic rings. The summed E-state index contributed by atoms with van der Waals surface area (Å²) in [5.74, 6) is 1.01. The Morgan fingerprint density at radius 3 is 2.21 bits per heavy atom. The van der Waals surface area contributed by atoms with Crippen molar-refractivity contribution < 1.29 is 4.74 Å². The van der Waals surface area contributed by atoms with E-state index >= 15 is 0 Å². The number of rotatable bonds is 4. The summed E-state index contributed by atoms with van der Waals surface area (Å²) >= 11 is 0. The second-order valence-electron chi connectivity index (χ2n) is 3.81. The molecule has 2 nitrogen and oxygen atoms in total. The van der Waals surface area contributed by atoms with Gasteiger partial charge in [0.2, 0.25) is 0 Å². The molecule has 0 aromatic carbocycles. The van der Waals surface area contributed by atoms with Crippen LogP contribution in [0.25, 0.3) is 0 Å². The zero-order valence-electron chi connectivity index (χ0n) is 8.92. The first-order valence-electron chi connectivity index (χ1n) is 5.48. The van der Waals surface area contributed by atoms with Gasteiger partial charge in [0.05, 0.1) is 6.10 Å². The van der Waals surface area contributed by atoms with Crippen molar-refractivity contribution in [1.29, 1.82) is 0 Å². The Labute approximate surface area is 85.3 Å². The summed E-state index contributed by atoms with van der Waals surface area (Å²) in [6.45, 7) is 4.26. The molecule has 0 bridgehead atoms. The molecule has 0 aliphatic heterocycles. The van der Waals surface area contributed by atoms with Crippen molar-refractivity contribution in [2.45, 2.75) is 45.6 Å². The van der Waals surface area contributed by atoms with E-state index in [-0.39, 0.29) is 0 Å². The highest BCUT2D eigenvalue weighted by Crippen LogP contribution is 2.27. The maximum atomic E-state index is 5.77. The number of hydrogen-bond donors (Lipinski definition) is 0. The molecule has 2 heteroatoms. The van der Waals surface area contributed by atoms with E-state index in [1.165, 1.54) is 12.8 Å². The molecule has 1 saturated carbocycles. The van der Waals surface area contributed by atoms with Crippen molar-refractivity contribution in [1.82, 2.24) is 4.98 Å². The minimum Gasteiger partial charge on any atom is -0.490 e. The van der Waals surface area contributed by atoms with Gasteiger partial charge in [-0.2, -0.15) is 0 Å². The summed E-state index contributed by atoms with van der Waals surface area (Å²) in [5, 5.41) is 0. The first-order chi connectivity index (χ1) is 6.81. The Morgan fingerprint density at radius 2 is 1.79 bits per heavy atom. The highest BCUT2D eigenvalue weighted by Gasteiger charge is 2.23. The van der Waals surface area contributed by atoms with E-state index in [2.05, 4.69) is 31.0 Å². The van der Waals surface area contributed by atoms with Gasteiger partial charge in [0, 0.05) is 23.5 Å². The van der Waals surface area contributed by atoms with Gasteiger partial charge < -0.3 is 4.74 Å². The zero-order valence-corrected chi connectivity index (χ0v) is 8.92. The lowest BCUT2D eigenvalue weighted by molar-refractivity contribution is 0.302. The second kappa shape index (κ2) is 3.99. The smallest absolute Gasteiger partial charge is 0.123 e. The van der Waals surface area contributed by atoms with Crippen molar-refractivity contribution in [3.63, 3.8) is 0 Å². The van der Waals surface area contributed by atoms with Crippen LogP contribution in [0.15, 0.2) is 12.1 Å². The molecular formula is C12H17NO. The molecule has 1 aliphatic carbocycles. The number of aryl methyl sites for hydroxylation is 2. The van der Waals surface area contributed by atoms with Gasteiger partial charge in [0.25, 0.3) is 0 Å². The number of pyridine rings is 1. The SMILES string of the molecule is CCc1cc(OC2CC2)cc(CC)n1. The van der Waals surface area contributed by atoms with E-state index in [1.54, 1.807) is 0 Å². The molecule has 0 unspecified atom stereocenters. The quantitative estimate of drug-likeness (QED) is 0.730. The van der Waals surface area contributed by atoms with Gasteiger partial charge in [-0.15, -0.1) is 0 Å². The fourth-order valence-corrected chi connectivity index (χ4v) is 1.43. The molecule has 0 atom stereocenters. The molecule has 1 aromatic heterocycles. The van der Waals surface area contributed by atoms with Gasteiger partial charge in [-0.05, 0) is 25.7 Å². The standard InChI is InChI=1S/C12H17NO/c1-3-9-7-12(14-11-5-6-11)8-10(4-2)13-9/h7-8,11H,3-6H2,1-2H3. The van der Waals surface area contributed by atoms with Crippen LogP contribution in [0.2, 0.25) is 0 Å². The Balaban J connectivity index is 2.19. The normalized spacial score (nSPS) is 15.6. The van der Waals surface area contributed by atoms with Crippen molar-refractivity contribution in [2.24, 2.45) is 0 Å². The fraction of sp³-hybridized carbons (Fsp3) is 0.583. The number of ether oxygens (including phenoxy) is 1. The summed E-state index contributed by atoms with van der Waals surface area (Å²) in [6, 6.07) is 4.13. The fourth-order valence-electron chi connectivity index (χ4n) is 1.43. The second-order valence-corrected chi connectivity index (χ2v) is 3.81. The molecular weight excluding hydrogens is 174 g/mol. The first kappa shape index (κ1) is 9.50. The van der Waals surface area contributed by atoms with E-state index in [1.807, 2.05) is 0 Å². The lowest BCUT2D eigenvalue weighted by Gasteiger charge is -2.07. The van der Waals surface area contributed by atoms with Crippen LogP contribution in [0.3, 0.4) is 0 Å². The molecule has 14 heavy (non-hydrogen) atoms. The molecule has 1 aromatic rings.